The van der Waals surface area contributed by atoms with Crippen LogP contribution in [0.5, 0.6) is 11.5 Å². The van der Waals surface area contributed by atoms with E-state index in [1.807, 2.05) is 0 Å². The highest BCUT2D eigenvalue weighted by molar-refractivity contribution is 6.32. The van der Waals surface area contributed by atoms with E-state index >= 15 is 0 Å². The first kappa shape index (κ1) is 20.3. The number of benzene rings is 2. The van der Waals surface area contributed by atoms with Crippen molar-refractivity contribution in [1.82, 2.24) is 5.32 Å². The summed E-state index contributed by atoms with van der Waals surface area (Å²) in [6.45, 7) is 0. The molecule has 0 bridgehead atoms. The van der Waals surface area contributed by atoms with E-state index in [1.54, 1.807) is 49.5 Å². The first-order chi connectivity index (χ1) is 13.0. The molecule has 0 spiro atoms. The van der Waals surface area contributed by atoms with Crippen LogP contribution in [0.2, 0.25) is 5.02 Å². The van der Waals surface area contributed by atoms with E-state index in [0.717, 1.165) is 5.56 Å². The molecular weight excluding hydrogens is 368 g/mol. The number of hydrogen-bond acceptors (Lipinski definition) is 4. The molecule has 2 N–H and O–H groups in total. The lowest BCUT2D eigenvalue weighted by molar-refractivity contribution is -0.120. The van der Waals surface area contributed by atoms with Crippen LogP contribution in [0, 0.1) is 0 Å². The maximum atomic E-state index is 12.1. The molecule has 0 aliphatic heterocycles. The molecular formula is C20H21ClN2O4. The second-order valence-corrected chi connectivity index (χ2v) is 6.01. The van der Waals surface area contributed by atoms with Crippen molar-refractivity contribution in [1.29, 1.82) is 0 Å². The second-order valence-electron chi connectivity index (χ2n) is 5.61. The number of rotatable bonds is 7. The third kappa shape index (κ3) is 5.76. The molecule has 0 radical (unpaired) electrons. The van der Waals surface area contributed by atoms with Gasteiger partial charge in [-0.1, -0.05) is 23.7 Å². The number of likely N-dealkylation sites (N-methyl/N-ethyl adjacent to an activating group) is 1. The van der Waals surface area contributed by atoms with E-state index in [4.69, 9.17) is 21.1 Å². The number of amides is 2. The van der Waals surface area contributed by atoms with Crippen molar-refractivity contribution in [3.8, 4) is 11.5 Å². The van der Waals surface area contributed by atoms with Crippen LogP contribution < -0.4 is 20.1 Å². The Kier molecular flexibility index (Phi) is 7.25. The molecule has 6 nitrogen and oxygen atoms in total. The lowest BCUT2D eigenvalue weighted by atomic mass is 10.1. The van der Waals surface area contributed by atoms with Crippen LogP contribution in [0.3, 0.4) is 0 Å². The number of nitrogens with one attached hydrogen (secondary N) is 2. The van der Waals surface area contributed by atoms with Gasteiger partial charge in [0.1, 0.15) is 0 Å². The van der Waals surface area contributed by atoms with Crippen LogP contribution in [0.15, 0.2) is 42.5 Å². The summed E-state index contributed by atoms with van der Waals surface area (Å²) in [5, 5.41) is 5.72. The van der Waals surface area contributed by atoms with Crippen LogP contribution in [-0.4, -0.2) is 33.1 Å². The molecule has 0 saturated heterocycles. The standard InChI is InChI=1S/C20H21ClN2O4/c1-22-19(25)12-13-4-7-15(8-5-13)23-18(24)9-6-14-10-16(21)20(27-3)17(11-14)26-2/h4-11H,12H2,1-3H3,(H,22,25)(H,23,24)/b9-6+. The smallest absolute Gasteiger partial charge is 0.248 e. The Morgan fingerprint density at radius 2 is 1.81 bits per heavy atom. The highest BCUT2D eigenvalue weighted by Gasteiger charge is 2.10. The number of carbonyl (C=O) groups is 2. The van der Waals surface area contributed by atoms with E-state index < -0.39 is 0 Å². The Morgan fingerprint density at radius 3 is 2.41 bits per heavy atom. The number of anilines is 1. The van der Waals surface area contributed by atoms with Crippen molar-refractivity contribution in [3.05, 3.63) is 58.6 Å². The van der Waals surface area contributed by atoms with Crippen LogP contribution in [-0.2, 0) is 16.0 Å². The number of halogens is 1. The zero-order valence-corrected chi connectivity index (χ0v) is 16.1. The van der Waals surface area contributed by atoms with E-state index in [0.29, 0.717) is 34.2 Å². The second kappa shape index (κ2) is 9.64. The predicted octanol–water partition coefficient (Wildman–Crippen LogP) is 3.30. The number of methoxy groups -OCH3 is 2. The van der Waals surface area contributed by atoms with E-state index in [-0.39, 0.29) is 11.8 Å². The summed E-state index contributed by atoms with van der Waals surface area (Å²) in [5.74, 6) is 0.567. The average molecular weight is 389 g/mol. The van der Waals surface area contributed by atoms with Gasteiger partial charge in [0.2, 0.25) is 11.8 Å². The summed E-state index contributed by atoms with van der Waals surface area (Å²) in [6.07, 6.45) is 3.32. The summed E-state index contributed by atoms with van der Waals surface area (Å²) in [7, 11) is 4.61. The molecule has 0 aliphatic carbocycles. The van der Waals surface area contributed by atoms with Crippen molar-refractivity contribution < 1.29 is 19.1 Å². The van der Waals surface area contributed by atoms with Crippen LogP contribution in [0.25, 0.3) is 6.08 Å². The molecule has 0 aliphatic rings. The monoisotopic (exact) mass is 388 g/mol. The van der Waals surface area contributed by atoms with Crippen molar-refractivity contribution in [3.63, 3.8) is 0 Å². The van der Waals surface area contributed by atoms with Gasteiger partial charge in [-0.05, 0) is 41.5 Å². The molecule has 0 heterocycles. The summed E-state index contributed by atoms with van der Waals surface area (Å²) >= 11 is 6.15. The average Bonchev–Trinajstić information content (AvgIpc) is 2.67. The van der Waals surface area contributed by atoms with Gasteiger partial charge in [-0.15, -0.1) is 0 Å². The highest BCUT2D eigenvalue weighted by atomic mass is 35.5. The van der Waals surface area contributed by atoms with Gasteiger partial charge in [0, 0.05) is 18.8 Å². The van der Waals surface area contributed by atoms with Crippen molar-refractivity contribution in [2.45, 2.75) is 6.42 Å². The molecule has 2 aromatic carbocycles. The van der Waals surface area contributed by atoms with Gasteiger partial charge in [-0.3, -0.25) is 9.59 Å². The molecule has 2 rings (SSSR count). The zero-order chi connectivity index (χ0) is 19.8. The topological polar surface area (TPSA) is 76.7 Å². The van der Waals surface area contributed by atoms with Gasteiger partial charge < -0.3 is 20.1 Å². The largest absolute Gasteiger partial charge is 0.493 e. The van der Waals surface area contributed by atoms with Gasteiger partial charge in [-0.2, -0.15) is 0 Å². The Labute approximate surface area is 163 Å². The van der Waals surface area contributed by atoms with Crippen molar-refractivity contribution >= 4 is 35.2 Å². The third-order valence-electron chi connectivity index (χ3n) is 3.75. The SMILES string of the molecule is CNC(=O)Cc1ccc(NC(=O)/C=C/c2cc(Cl)c(OC)c(OC)c2)cc1. The summed E-state index contributed by atoms with van der Waals surface area (Å²) in [6, 6.07) is 10.5. The third-order valence-corrected chi connectivity index (χ3v) is 4.03. The molecule has 2 amide bonds. The van der Waals surface area contributed by atoms with Gasteiger partial charge in [0.15, 0.2) is 11.5 Å². The fraction of sp³-hybridized carbons (Fsp3) is 0.200. The van der Waals surface area contributed by atoms with Crippen molar-refractivity contribution in [2.75, 3.05) is 26.6 Å². The first-order valence-electron chi connectivity index (χ1n) is 8.17. The van der Waals surface area contributed by atoms with Gasteiger partial charge >= 0.3 is 0 Å². The molecule has 0 aromatic heterocycles. The van der Waals surface area contributed by atoms with Crippen molar-refractivity contribution in [2.24, 2.45) is 0 Å². The Morgan fingerprint density at radius 1 is 1.11 bits per heavy atom. The van der Waals surface area contributed by atoms with Crippen LogP contribution in [0.1, 0.15) is 11.1 Å². The number of hydrogen-bond donors (Lipinski definition) is 2. The fourth-order valence-corrected chi connectivity index (χ4v) is 2.67. The van der Waals surface area contributed by atoms with Gasteiger partial charge in [0.25, 0.3) is 0 Å². The lowest BCUT2D eigenvalue weighted by Crippen LogP contribution is -2.19. The minimum Gasteiger partial charge on any atom is -0.493 e. The van der Waals surface area contributed by atoms with E-state index in [9.17, 15) is 9.59 Å². The summed E-state index contributed by atoms with van der Waals surface area (Å²) in [5.41, 5.74) is 2.20. The molecule has 2 aromatic rings. The molecule has 0 saturated carbocycles. The van der Waals surface area contributed by atoms with Gasteiger partial charge in [-0.25, -0.2) is 0 Å². The Balaban J connectivity index is 2.03. The molecule has 0 atom stereocenters. The minimum absolute atomic E-state index is 0.0664. The summed E-state index contributed by atoms with van der Waals surface area (Å²) in [4.78, 5) is 23.5. The number of carbonyl (C=O) groups excluding carboxylic acids is 2. The minimum atomic E-state index is -0.292. The first-order valence-corrected chi connectivity index (χ1v) is 8.54. The molecule has 142 valence electrons. The predicted molar refractivity (Wildman–Crippen MR) is 106 cm³/mol. The van der Waals surface area contributed by atoms with Gasteiger partial charge in [0.05, 0.1) is 25.7 Å². The molecule has 0 unspecified atom stereocenters. The maximum absolute atomic E-state index is 12.1. The Bertz CT molecular complexity index is 848. The molecule has 27 heavy (non-hydrogen) atoms. The quantitative estimate of drug-likeness (QED) is 0.713. The summed E-state index contributed by atoms with van der Waals surface area (Å²) < 4.78 is 10.4. The normalized spacial score (nSPS) is 10.5. The van der Waals surface area contributed by atoms with E-state index in [2.05, 4.69) is 10.6 Å². The Hall–Kier alpha value is -2.99. The maximum Gasteiger partial charge on any atom is 0.248 e. The fourth-order valence-electron chi connectivity index (χ4n) is 2.37. The zero-order valence-electron chi connectivity index (χ0n) is 15.3. The molecule has 0 fully saturated rings. The van der Waals surface area contributed by atoms with Crippen LogP contribution >= 0.6 is 11.6 Å². The van der Waals surface area contributed by atoms with E-state index in [1.165, 1.54) is 20.3 Å². The van der Waals surface area contributed by atoms with Crippen LogP contribution in [0.4, 0.5) is 5.69 Å². The molecule has 7 heteroatoms. The highest BCUT2D eigenvalue weighted by Crippen LogP contribution is 2.36. The number of ether oxygens (including phenoxy) is 2. The lowest BCUT2D eigenvalue weighted by Gasteiger charge is -2.10.